The number of thioether (sulfide) groups is 1. The van der Waals surface area contributed by atoms with Gasteiger partial charge < -0.3 is 4.57 Å². The molecule has 0 bridgehead atoms. The van der Waals surface area contributed by atoms with Gasteiger partial charge in [0, 0.05) is 22.6 Å². The van der Waals surface area contributed by atoms with E-state index in [1.807, 2.05) is 73.1 Å². The number of hydrogen-bond acceptors (Lipinski definition) is 4. The average Bonchev–Trinajstić information content (AvgIpc) is 2.96. The highest BCUT2D eigenvalue weighted by molar-refractivity contribution is 9.10. The van der Waals surface area contributed by atoms with Crippen molar-refractivity contribution in [3.8, 4) is 11.4 Å². The van der Waals surface area contributed by atoms with Crippen LogP contribution in [0.2, 0.25) is 0 Å². The maximum Gasteiger partial charge on any atom is 0.191 e. The summed E-state index contributed by atoms with van der Waals surface area (Å²) in [6.45, 7) is 1.89. The van der Waals surface area contributed by atoms with Crippen LogP contribution in [0, 0.1) is 0 Å². The maximum absolute atomic E-state index is 12.6. The molecule has 0 aliphatic rings. The Balaban J connectivity index is 1.78. The standard InChI is InChI=1S/C18H16BrN3OS/c1-12(16(23)13-8-10-15(19)11-9-13)24-18-21-20-17(22(18)2)14-6-4-3-5-7-14/h3-12H,1-2H3/t12-/m0/s1. The number of carbonyl (C=O) groups is 1. The van der Waals surface area contributed by atoms with E-state index < -0.39 is 0 Å². The van der Waals surface area contributed by atoms with Gasteiger partial charge in [-0.25, -0.2) is 0 Å². The van der Waals surface area contributed by atoms with Gasteiger partial charge in [0.2, 0.25) is 0 Å². The molecular weight excluding hydrogens is 386 g/mol. The van der Waals surface area contributed by atoms with Gasteiger partial charge in [-0.3, -0.25) is 4.79 Å². The zero-order chi connectivity index (χ0) is 17.1. The molecule has 1 aromatic heterocycles. The molecule has 3 aromatic rings. The molecule has 0 amide bonds. The molecule has 0 N–H and O–H groups in total. The number of Topliss-reactive ketones (excluding diaryl/α,β-unsaturated/α-hetero) is 1. The fourth-order valence-corrected chi connectivity index (χ4v) is 3.47. The van der Waals surface area contributed by atoms with E-state index in [1.165, 1.54) is 11.8 Å². The number of carbonyl (C=O) groups excluding carboxylic acids is 1. The molecule has 0 fully saturated rings. The summed E-state index contributed by atoms with van der Waals surface area (Å²) in [4.78, 5) is 12.6. The van der Waals surface area contributed by atoms with Crippen LogP contribution in [0.4, 0.5) is 0 Å². The minimum absolute atomic E-state index is 0.0803. The minimum Gasteiger partial charge on any atom is -0.305 e. The predicted molar refractivity (Wildman–Crippen MR) is 100 cm³/mol. The molecule has 0 saturated carbocycles. The van der Waals surface area contributed by atoms with Crippen LogP contribution in [0.25, 0.3) is 11.4 Å². The Morgan fingerprint density at radius 1 is 1.08 bits per heavy atom. The largest absolute Gasteiger partial charge is 0.305 e. The van der Waals surface area contributed by atoms with Crippen molar-refractivity contribution in [2.75, 3.05) is 0 Å². The summed E-state index contributed by atoms with van der Waals surface area (Å²) in [7, 11) is 1.92. The second-order valence-corrected chi connectivity index (χ2v) is 7.59. The lowest BCUT2D eigenvalue weighted by atomic mass is 10.1. The van der Waals surface area contributed by atoms with Gasteiger partial charge >= 0.3 is 0 Å². The molecule has 0 unspecified atom stereocenters. The fourth-order valence-electron chi connectivity index (χ4n) is 2.32. The summed E-state index contributed by atoms with van der Waals surface area (Å²) in [5.41, 5.74) is 1.70. The summed E-state index contributed by atoms with van der Waals surface area (Å²) in [5.74, 6) is 0.873. The van der Waals surface area contributed by atoms with Gasteiger partial charge in [-0.05, 0) is 19.1 Å². The molecule has 0 aliphatic carbocycles. The van der Waals surface area contributed by atoms with Crippen molar-refractivity contribution in [3.05, 3.63) is 64.6 Å². The number of halogens is 1. The van der Waals surface area contributed by atoms with Crippen LogP contribution < -0.4 is 0 Å². The third-order valence-electron chi connectivity index (χ3n) is 3.65. The minimum atomic E-state index is -0.238. The van der Waals surface area contributed by atoms with E-state index in [0.717, 1.165) is 21.0 Å². The van der Waals surface area contributed by atoms with Crippen LogP contribution in [-0.2, 0) is 7.05 Å². The Labute approximate surface area is 153 Å². The molecule has 0 spiro atoms. The van der Waals surface area contributed by atoms with E-state index in [9.17, 15) is 4.79 Å². The summed E-state index contributed by atoms with van der Waals surface area (Å²) < 4.78 is 2.88. The first kappa shape index (κ1) is 16.9. The fraction of sp³-hybridized carbons (Fsp3) is 0.167. The monoisotopic (exact) mass is 401 g/mol. The van der Waals surface area contributed by atoms with Gasteiger partial charge in [0.25, 0.3) is 0 Å². The Morgan fingerprint density at radius 2 is 1.75 bits per heavy atom. The quantitative estimate of drug-likeness (QED) is 0.462. The number of nitrogens with zero attached hydrogens (tertiary/aromatic N) is 3. The smallest absolute Gasteiger partial charge is 0.191 e. The molecule has 0 radical (unpaired) electrons. The first-order chi connectivity index (χ1) is 11.6. The number of ketones is 1. The Morgan fingerprint density at radius 3 is 2.42 bits per heavy atom. The van der Waals surface area contributed by atoms with E-state index >= 15 is 0 Å². The molecule has 122 valence electrons. The summed E-state index contributed by atoms with van der Waals surface area (Å²) in [5, 5.41) is 8.99. The van der Waals surface area contributed by atoms with Gasteiger partial charge in [0.05, 0.1) is 5.25 Å². The number of aromatic nitrogens is 3. The lowest BCUT2D eigenvalue weighted by Crippen LogP contribution is -2.14. The second kappa shape index (κ2) is 7.32. The summed E-state index contributed by atoms with van der Waals surface area (Å²) in [6.07, 6.45) is 0. The molecule has 4 nitrogen and oxygen atoms in total. The molecule has 2 aromatic carbocycles. The number of benzene rings is 2. The topological polar surface area (TPSA) is 47.8 Å². The Hall–Kier alpha value is -1.92. The highest BCUT2D eigenvalue weighted by atomic mass is 79.9. The molecule has 3 rings (SSSR count). The molecule has 0 aliphatic heterocycles. The molecule has 0 saturated heterocycles. The third-order valence-corrected chi connectivity index (χ3v) is 5.31. The highest BCUT2D eigenvalue weighted by Gasteiger charge is 2.20. The molecule has 1 atom stereocenters. The Kier molecular flexibility index (Phi) is 5.16. The molecule has 1 heterocycles. The predicted octanol–water partition coefficient (Wildman–Crippen LogP) is 4.61. The zero-order valence-corrected chi connectivity index (χ0v) is 15.7. The van der Waals surface area contributed by atoms with E-state index in [4.69, 9.17) is 0 Å². The van der Waals surface area contributed by atoms with Gasteiger partial charge in [0.15, 0.2) is 16.8 Å². The van der Waals surface area contributed by atoms with Crippen molar-refractivity contribution in [2.24, 2.45) is 7.05 Å². The molecule has 24 heavy (non-hydrogen) atoms. The van der Waals surface area contributed by atoms with E-state index in [1.54, 1.807) is 0 Å². The first-order valence-electron chi connectivity index (χ1n) is 7.47. The lowest BCUT2D eigenvalue weighted by molar-refractivity contribution is 0.0994. The van der Waals surface area contributed by atoms with Gasteiger partial charge in [0.1, 0.15) is 0 Å². The van der Waals surface area contributed by atoms with Gasteiger partial charge in [-0.2, -0.15) is 0 Å². The van der Waals surface area contributed by atoms with Crippen LogP contribution >= 0.6 is 27.7 Å². The van der Waals surface area contributed by atoms with Crippen molar-refractivity contribution >= 4 is 33.5 Å². The van der Waals surface area contributed by atoms with Crippen LogP contribution in [0.15, 0.2) is 64.2 Å². The summed E-state index contributed by atoms with van der Waals surface area (Å²) in [6, 6.07) is 17.3. The molecular formula is C18H16BrN3OS. The van der Waals surface area contributed by atoms with E-state index in [-0.39, 0.29) is 11.0 Å². The lowest BCUT2D eigenvalue weighted by Gasteiger charge is -2.10. The third kappa shape index (κ3) is 3.60. The van der Waals surface area contributed by atoms with Crippen LogP contribution in [0.3, 0.4) is 0 Å². The SMILES string of the molecule is C[C@H](Sc1nnc(-c2ccccc2)n1C)C(=O)c1ccc(Br)cc1. The van der Waals surface area contributed by atoms with Crippen molar-refractivity contribution in [1.82, 2.24) is 14.8 Å². The van der Waals surface area contributed by atoms with E-state index in [2.05, 4.69) is 26.1 Å². The van der Waals surface area contributed by atoms with Crippen LogP contribution in [0.1, 0.15) is 17.3 Å². The van der Waals surface area contributed by atoms with Gasteiger partial charge in [-0.1, -0.05) is 70.2 Å². The average molecular weight is 402 g/mol. The van der Waals surface area contributed by atoms with Crippen LogP contribution in [-0.4, -0.2) is 25.8 Å². The Bertz CT molecular complexity index is 846. The molecule has 6 heteroatoms. The van der Waals surface area contributed by atoms with Crippen molar-refractivity contribution in [3.63, 3.8) is 0 Å². The first-order valence-corrected chi connectivity index (χ1v) is 9.15. The van der Waals surface area contributed by atoms with Gasteiger partial charge in [-0.15, -0.1) is 10.2 Å². The maximum atomic E-state index is 12.6. The van der Waals surface area contributed by atoms with Crippen molar-refractivity contribution < 1.29 is 4.79 Å². The van der Waals surface area contributed by atoms with Crippen LogP contribution in [0.5, 0.6) is 0 Å². The van der Waals surface area contributed by atoms with Crippen molar-refractivity contribution in [2.45, 2.75) is 17.3 Å². The normalized spacial score (nSPS) is 12.1. The summed E-state index contributed by atoms with van der Waals surface area (Å²) >= 11 is 4.80. The number of rotatable bonds is 5. The second-order valence-electron chi connectivity index (χ2n) is 5.36. The highest BCUT2D eigenvalue weighted by Crippen LogP contribution is 2.27. The van der Waals surface area contributed by atoms with Crippen molar-refractivity contribution in [1.29, 1.82) is 0 Å². The zero-order valence-electron chi connectivity index (χ0n) is 13.3. The number of hydrogen-bond donors (Lipinski definition) is 0. The van der Waals surface area contributed by atoms with E-state index in [0.29, 0.717) is 5.56 Å².